The highest BCUT2D eigenvalue weighted by Crippen LogP contribution is 2.18. The minimum Gasteiger partial charge on any atom is -0.368 e. The summed E-state index contributed by atoms with van der Waals surface area (Å²) in [4.78, 5) is 8.40. The molecule has 0 amide bonds. The smallest absolute Gasteiger partial charge is 0.368 e. The first-order chi connectivity index (χ1) is 8.87. The molecule has 0 aliphatic carbocycles. The number of hydrogen-bond donors (Lipinski definition) is 3. The molecule has 106 valence electrons. The fraction of sp³-hybridized carbons (Fsp3) is 0.556. The molecule has 2 atom stereocenters. The van der Waals surface area contributed by atoms with E-state index < -0.39 is 16.6 Å². The normalized spacial score (nSPS) is 28.0. The summed E-state index contributed by atoms with van der Waals surface area (Å²) in [6.07, 6.45) is 4.03. The summed E-state index contributed by atoms with van der Waals surface area (Å²) in [5.41, 5.74) is 12.2. The van der Waals surface area contributed by atoms with Crippen LogP contribution in [0.3, 0.4) is 0 Å². The van der Waals surface area contributed by atoms with Crippen LogP contribution in [0.2, 0.25) is 0 Å². The maximum Gasteiger partial charge on any atom is 0.418 e. The van der Waals surface area contributed by atoms with E-state index in [9.17, 15) is 8.42 Å². The fourth-order valence-corrected chi connectivity index (χ4v) is 2.31. The summed E-state index contributed by atoms with van der Waals surface area (Å²) in [7, 11) is -4.69. The Kier molecular flexibility index (Phi) is 3.85. The summed E-state index contributed by atoms with van der Waals surface area (Å²) in [5, 5.41) is 0.672. The van der Waals surface area contributed by atoms with Crippen LogP contribution < -0.4 is 11.5 Å². The number of nitrogens with zero attached hydrogens (tertiary/aromatic N) is 3. The van der Waals surface area contributed by atoms with Crippen LogP contribution in [0, 0.1) is 0 Å². The van der Waals surface area contributed by atoms with Crippen LogP contribution in [-0.2, 0) is 14.7 Å². The number of guanidine groups is 1. The van der Waals surface area contributed by atoms with Crippen molar-refractivity contribution < 1.29 is 17.3 Å². The van der Waals surface area contributed by atoms with Crippen LogP contribution >= 0.6 is 0 Å². The van der Waals surface area contributed by atoms with E-state index >= 15 is 0 Å². The summed E-state index contributed by atoms with van der Waals surface area (Å²) < 4.78 is 34.2. The van der Waals surface area contributed by atoms with E-state index in [2.05, 4.69) is 14.3 Å². The van der Waals surface area contributed by atoms with Gasteiger partial charge in [0.15, 0.2) is 0 Å². The molecule has 2 aliphatic rings. The van der Waals surface area contributed by atoms with Crippen molar-refractivity contribution in [2.75, 3.05) is 6.54 Å². The van der Waals surface area contributed by atoms with Crippen LogP contribution in [-0.4, -0.2) is 48.5 Å². The summed E-state index contributed by atoms with van der Waals surface area (Å²) in [5.74, 6) is -0.210. The number of rotatable bonds is 3. The molecule has 0 aromatic rings. The molecule has 0 aromatic heterocycles. The fourth-order valence-electron chi connectivity index (χ4n) is 1.92. The van der Waals surface area contributed by atoms with Crippen LogP contribution in [0.1, 0.15) is 12.8 Å². The van der Waals surface area contributed by atoms with E-state index in [-0.39, 0.29) is 12.0 Å². The third-order valence-electron chi connectivity index (χ3n) is 2.73. The monoisotopic (exact) mass is 289 g/mol. The molecule has 2 aliphatic heterocycles. The predicted octanol–water partition coefficient (Wildman–Crippen LogP) is -1.20. The first kappa shape index (κ1) is 13.9. The second-order valence-corrected chi connectivity index (χ2v) is 5.15. The highest BCUT2D eigenvalue weighted by atomic mass is 32.3. The second-order valence-electron chi connectivity index (χ2n) is 4.14. The molecule has 0 spiro atoms. The van der Waals surface area contributed by atoms with Crippen LogP contribution in [0.25, 0.3) is 0 Å². The van der Waals surface area contributed by atoms with Gasteiger partial charge in [0, 0.05) is 18.6 Å². The van der Waals surface area contributed by atoms with Crippen LogP contribution in [0.15, 0.2) is 22.1 Å². The zero-order valence-corrected chi connectivity index (χ0v) is 10.8. The minimum absolute atomic E-state index is 0.210. The Morgan fingerprint density at radius 3 is 2.74 bits per heavy atom. The molecule has 0 radical (unpaired) electrons. The summed E-state index contributed by atoms with van der Waals surface area (Å²) in [6.45, 7) is 0.585. The van der Waals surface area contributed by atoms with Crippen molar-refractivity contribution in [2.45, 2.75) is 25.0 Å². The lowest BCUT2D eigenvalue weighted by Gasteiger charge is -2.33. The molecule has 9 nitrogen and oxygen atoms in total. The van der Waals surface area contributed by atoms with E-state index in [1.54, 1.807) is 0 Å². The van der Waals surface area contributed by atoms with Gasteiger partial charge in [-0.3, -0.25) is 9.55 Å². The molecule has 2 unspecified atom stereocenters. The Balaban J connectivity index is 2.15. The first-order valence-corrected chi connectivity index (χ1v) is 6.96. The molecule has 19 heavy (non-hydrogen) atoms. The summed E-state index contributed by atoms with van der Waals surface area (Å²) in [6, 6.07) is -0.304. The quantitative estimate of drug-likeness (QED) is 0.437. The van der Waals surface area contributed by atoms with Crippen molar-refractivity contribution in [1.29, 1.82) is 0 Å². The number of hydroxylamine groups is 2. The van der Waals surface area contributed by atoms with Gasteiger partial charge in [-0.1, -0.05) is 12.2 Å². The molecular formula is C9H15N5O4S. The zero-order chi connectivity index (χ0) is 14.0. The molecule has 0 saturated carbocycles. The van der Waals surface area contributed by atoms with E-state index in [0.717, 1.165) is 5.71 Å². The lowest BCUT2D eigenvalue weighted by atomic mass is 10.0. The van der Waals surface area contributed by atoms with Gasteiger partial charge in [0.1, 0.15) is 6.17 Å². The SMILES string of the molecule is NC1=NC(C2=NCC=CC2)CC(N)N1OS(=O)(=O)O. The lowest BCUT2D eigenvalue weighted by molar-refractivity contribution is -0.0341. The lowest BCUT2D eigenvalue weighted by Crippen LogP contribution is -2.55. The van der Waals surface area contributed by atoms with Crippen molar-refractivity contribution in [1.82, 2.24) is 5.06 Å². The number of allylic oxidation sites excluding steroid dienone is 1. The average Bonchev–Trinajstić information content (AvgIpc) is 2.33. The molecule has 2 heterocycles. The summed E-state index contributed by atoms with van der Waals surface area (Å²) >= 11 is 0. The van der Waals surface area contributed by atoms with Crippen molar-refractivity contribution in [3.63, 3.8) is 0 Å². The van der Waals surface area contributed by atoms with Gasteiger partial charge in [0.25, 0.3) is 0 Å². The molecule has 0 bridgehead atoms. The molecule has 2 rings (SSSR count). The Hall–Kier alpha value is -1.49. The van der Waals surface area contributed by atoms with Gasteiger partial charge in [-0.25, -0.2) is 4.99 Å². The highest BCUT2D eigenvalue weighted by molar-refractivity contribution is 7.80. The largest absolute Gasteiger partial charge is 0.418 e. The van der Waals surface area contributed by atoms with Gasteiger partial charge >= 0.3 is 10.4 Å². The zero-order valence-electron chi connectivity index (χ0n) is 10.0. The van der Waals surface area contributed by atoms with Gasteiger partial charge < -0.3 is 11.5 Å². The van der Waals surface area contributed by atoms with Gasteiger partial charge in [0.2, 0.25) is 5.96 Å². The van der Waals surface area contributed by atoms with E-state index in [0.29, 0.717) is 24.4 Å². The van der Waals surface area contributed by atoms with Crippen molar-refractivity contribution in [3.8, 4) is 0 Å². The molecular weight excluding hydrogens is 274 g/mol. The third-order valence-corrected chi connectivity index (χ3v) is 3.08. The Morgan fingerprint density at radius 2 is 2.21 bits per heavy atom. The van der Waals surface area contributed by atoms with Crippen molar-refractivity contribution in [2.24, 2.45) is 21.5 Å². The number of nitrogens with two attached hydrogens (primary N) is 2. The molecule has 0 saturated heterocycles. The number of aliphatic imine (C=N–C) groups is 2. The Bertz CT molecular complexity index is 541. The Morgan fingerprint density at radius 1 is 1.47 bits per heavy atom. The molecule has 10 heteroatoms. The van der Waals surface area contributed by atoms with E-state index in [1.807, 2.05) is 12.2 Å². The number of hydrogen-bond acceptors (Lipinski definition) is 8. The van der Waals surface area contributed by atoms with Crippen molar-refractivity contribution in [3.05, 3.63) is 12.2 Å². The maximum absolute atomic E-state index is 10.7. The highest BCUT2D eigenvalue weighted by Gasteiger charge is 2.32. The van der Waals surface area contributed by atoms with E-state index in [1.165, 1.54) is 0 Å². The first-order valence-electron chi connectivity index (χ1n) is 5.60. The molecule has 0 fully saturated rings. The average molecular weight is 289 g/mol. The van der Waals surface area contributed by atoms with Gasteiger partial charge in [0.05, 0.1) is 12.6 Å². The Labute approximate surface area is 110 Å². The topological polar surface area (TPSA) is 144 Å². The second kappa shape index (κ2) is 5.25. The van der Waals surface area contributed by atoms with Crippen molar-refractivity contribution >= 4 is 22.1 Å². The molecule has 0 aromatic carbocycles. The maximum atomic E-state index is 10.7. The minimum atomic E-state index is -4.69. The third kappa shape index (κ3) is 3.50. The predicted molar refractivity (Wildman–Crippen MR) is 68.5 cm³/mol. The van der Waals surface area contributed by atoms with E-state index in [4.69, 9.17) is 16.0 Å². The molecule has 5 N–H and O–H groups in total. The van der Waals surface area contributed by atoms with Gasteiger partial charge in [-0.15, -0.1) is 4.28 Å². The van der Waals surface area contributed by atoms with Gasteiger partial charge in [-0.05, 0) is 0 Å². The van der Waals surface area contributed by atoms with Gasteiger partial charge in [-0.2, -0.15) is 13.5 Å². The number of dihydropyridines is 1. The van der Waals surface area contributed by atoms with Crippen LogP contribution in [0.5, 0.6) is 0 Å². The standard InChI is InChI=1S/C9H15N5O4S/c10-8-5-7(6-3-1-2-4-12-6)13-9(11)14(8)18-19(15,16)17/h1-2,7-8H,3-5,10H2,(H2,11,13)(H,15,16,17). The van der Waals surface area contributed by atoms with Crippen LogP contribution in [0.4, 0.5) is 0 Å².